The van der Waals surface area contributed by atoms with E-state index < -0.39 is 5.82 Å². The van der Waals surface area contributed by atoms with Gasteiger partial charge in [0.1, 0.15) is 5.75 Å². The number of methoxy groups -OCH3 is 1. The number of hydrogen-bond acceptors (Lipinski definition) is 3. The third-order valence-electron chi connectivity index (χ3n) is 3.05. The standard InChI is InChI=1S/C18H17FO3/c1-3-22-15-8-4-13(5-9-15)6-10-17(20)14-7-11-18(21-2)16(19)12-14/h4-12H,3H2,1-2H3/b10-6+. The smallest absolute Gasteiger partial charge is 0.185 e. The van der Waals surface area contributed by atoms with Crippen LogP contribution in [0.4, 0.5) is 4.39 Å². The molecule has 0 saturated heterocycles. The van der Waals surface area contributed by atoms with Gasteiger partial charge in [0.05, 0.1) is 13.7 Å². The summed E-state index contributed by atoms with van der Waals surface area (Å²) in [7, 11) is 1.38. The predicted octanol–water partition coefficient (Wildman–Crippen LogP) is 4.13. The molecule has 0 fully saturated rings. The number of hydrogen-bond donors (Lipinski definition) is 0. The molecule has 0 unspecified atom stereocenters. The molecule has 0 aliphatic rings. The van der Waals surface area contributed by atoms with E-state index in [9.17, 15) is 9.18 Å². The highest BCUT2D eigenvalue weighted by Crippen LogP contribution is 2.18. The van der Waals surface area contributed by atoms with Gasteiger partial charge >= 0.3 is 0 Å². The van der Waals surface area contributed by atoms with Crippen LogP contribution in [0.2, 0.25) is 0 Å². The Balaban J connectivity index is 2.09. The first-order valence-corrected chi connectivity index (χ1v) is 6.93. The van der Waals surface area contributed by atoms with E-state index in [-0.39, 0.29) is 17.1 Å². The monoisotopic (exact) mass is 300 g/mol. The molecule has 0 amide bonds. The molecular formula is C18H17FO3. The summed E-state index contributed by atoms with van der Waals surface area (Å²) in [5.74, 6) is 0.0773. The first-order valence-electron chi connectivity index (χ1n) is 6.93. The van der Waals surface area contributed by atoms with E-state index in [2.05, 4.69) is 0 Å². The second kappa shape index (κ2) is 7.41. The lowest BCUT2D eigenvalue weighted by molar-refractivity contribution is 0.104. The topological polar surface area (TPSA) is 35.5 Å². The highest BCUT2D eigenvalue weighted by atomic mass is 19.1. The van der Waals surface area contributed by atoms with Gasteiger partial charge in [0, 0.05) is 5.56 Å². The van der Waals surface area contributed by atoms with Crippen molar-refractivity contribution < 1.29 is 18.7 Å². The van der Waals surface area contributed by atoms with Gasteiger partial charge in [-0.1, -0.05) is 18.2 Å². The Morgan fingerprint density at radius 1 is 1.18 bits per heavy atom. The van der Waals surface area contributed by atoms with Gasteiger partial charge in [0.25, 0.3) is 0 Å². The van der Waals surface area contributed by atoms with Gasteiger partial charge in [0.2, 0.25) is 0 Å². The van der Waals surface area contributed by atoms with Crippen LogP contribution in [0, 0.1) is 5.82 Å². The minimum Gasteiger partial charge on any atom is -0.494 e. The van der Waals surface area contributed by atoms with Crippen LogP contribution in [-0.2, 0) is 0 Å². The van der Waals surface area contributed by atoms with E-state index in [1.54, 1.807) is 6.08 Å². The minimum atomic E-state index is -0.553. The van der Waals surface area contributed by atoms with Crippen molar-refractivity contribution in [1.82, 2.24) is 0 Å². The van der Waals surface area contributed by atoms with E-state index in [0.717, 1.165) is 11.3 Å². The number of ketones is 1. The largest absolute Gasteiger partial charge is 0.494 e. The molecule has 0 spiro atoms. The van der Waals surface area contributed by atoms with Crippen molar-refractivity contribution in [3.05, 3.63) is 65.5 Å². The molecule has 2 aromatic rings. The van der Waals surface area contributed by atoms with E-state index in [1.165, 1.54) is 31.4 Å². The lowest BCUT2D eigenvalue weighted by Gasteiger charge is -2.03. The first kappa shape index (κ1) is 15.8. The number of ether oxygens (including phenoxy) is 2. The summed E-state index contributed by atoms with van der Waals surface area (Å²) in [5.41, 5.74) is 1.14. The Morgan fingerprint density at radius 3 is 2.50 bits per heavy atom. The molecule has 2 aromatic carbocycles. The number of benzene rings is 2. The van der Waals surface area contributed by atoms with Crippen LogP contribution in [0.15, 0.2) is 48.5 Å². The third-order valence-corrected chi connectivity index (χ3v) is 3.05. The molecule has 0 aliphatic carbocycles. The van der Waals surface area contributed by atoms with Gasteiger partial charge in [0.15, 0.2) is 17.3 Å². The number of halogens is 1. The molecular weight excluding hydrogens is 283 g/mol. The molecule has 0 aliphatic heterocycles. The van der Waals surface area contributed by atoms with Crippen molar-refractivity contribution in [3.63, 3.8) is 0 Å². The summed E-state index contributed by atoms with van der Waals surface area (Å²) in [6.45, 7) is 2.52. The lowest BCUT2D eigenvalue weighted by atomic mass is 10.1. The fourth-order valence-corrected chi connectivity index (χ4v) is 1.93. The molecule has 0 saturated carbocycles. The minimum absolute atomic E-state index is 0.118. The molecule has 114 valence electrons. The summed E-state index contributed by atoms with van der Waals surface area (Å²) in [5, 5.41) is 0. The Morgan fingerprint density at radius 2 is 1.91 bits per heavy atom. The number of rotatable bonds is 6. The molecule has 0 radical (unpaired) electrons. The lowest BCUT2D eigenvalue weighted by Crippen LogP contribution is -1.97. The molecule has 0 heterocycles. The van der Waals surface area contributed by atoms with Gasteiger partial charge in [-0.15, -0.1) is 0 Å². The molecule has 0 atom stereocenters. The zero-order chi connectivity index (χ0) is 15.9. The number of carbonyl (C=O) groups is 1. The molecule has 0 aromatic heterocycles. The highest BCUT2D eigenvalue weighted by molar-refractivity contribution is 6.06. The SMILES string of the molecule is CCOc1ccc(/C=C/C(=O)c2ccc(OC)c(F)c2)cc1. The molecule has 22 heavy (non-hydrogen) atoms. The van der Waals surface area contributed by atoms with Crippen LogP contribution < -0.4 is 9.47 Å². The zero-order valence-corrected chi connectivity index (χ0v) is 12.5. The average Bonchev–Trinajstić information content (AvgIpc) is 2.54. The highest BCUT2D eigenvalue weighted by Gasteiger charge is 2.07. The summed E-state index contributed by atoms with van der Waals surface area (Å²) >= 11 is 0. The molecule has 4 heteroatoms. The van der Waals surface area contributed by atoms with Crippen molar-refractivity contribution in [2.75, 3.05) is 13.7 Å². The number of allylic oxidation sites excluding steroid dienone is 1. The summed E-state index contributed by atoms with van der Waals surface area (Å²) in [4.78, 5) is 12.0. The molecule has 0 bridgehead atoms. The van der Waals surface area contributed by atoms with Crippen LogP contribution in [0.5, 0.6) is 11.5 Å². The van der Waals surface area contributed by atoms with E-state index in [4.69, 9.17) is 9.47 Å². The van der Waals surface area contributed by atoms with Gasteiger partial charge in [-0.2, -0.15) is 0 Å². The Kier molecular flexibility index (Phi) is 5.31. The fraction of sp³-hybridized carbons (Fsp3) is 0.167. The van der Waals surface area contributed by atoms with Crippen molar-refractivity contribution >= 4 is 11.9 Å². The summed E-state index contributed by atoms with van der Waals surface area (Å²) in [6.07, 6.45) is 3.09. The summed E-state index contributed by atoms with van der Waals surface area (Å²) in [6, 6.07) is 11.5. The summed E-state index contributed by atoms with van der Waals surface area (Å²) < 4.78 is 23.7. The predicted molar refractivity (Wildman–Crippen MR) is 83.9 cm³/mol. The maximum absolute atomic E-state index is 13.6. The molecule has 3 nitrogen and oxygen atoms in total. The molecule has 0 N–H and O–H groups in total. The maximum Gasteiger partial charge on any atom is 0.185 e. The number of carbonyl (C=O) groups excluding carboxylic acids is 1. The van der Waals surface area contributed by atoms with Gasteiger partial charge in [-0.3, -0.25) is 4.79 Å². The van der Waals surface area contributed by atoms with Crippen LogP contribution >= 0.6 is 0 Å². The van der Waals surface area contributed by atoms with Crippen LogP contribution in [0.25, 0.3) is 6.08 Å². The van der Waals surface area contributed by atoms with Crippen molar-refractivity contribution in [1.29, 1.82) is 0 Å². The first-order chi connectivity index (χ1) is 10.6. The van der Waals surface area contributed by atoms with E-state index in [1.807, 2.05) is 31.2 Å². The van der Waals surface area contributed by atoms with Crippen molar-refractivity contribution in [2.24, 2.45) is 0 Å². The van der Waals surface area contributed by atoms with Crippen LogP contribution in [0.1, 0.15) is 22.8 Å². The zero-order valence-electron chi connectivity index (χ0n) is 12.5. The second-order valence-electron chi connectivity index (χ2n) is 4.55. The fourth-order valence-electron chi connectivity index (χ4n) is 1.93. The second-order valence-corrected chi connectivity index (χ2v) is 4.55. The van der Waals surface area contributed by atoms with E-state index >= 15 is 0 Å². The quantitative estimate of drug-likeness (QED) is 0.594. The average molecular weight is 300 g/mol. The third kappa shape index (κ3) is 3.95. The maximum atomic E-state index is 13.6. The van der Waals surface area contributed by atoms with E-state index in [0.29, 0.717) is 6.61 Å². The van der Waals surface area contributed by atoms with Gasteiger partial charge in [-0.05, 0) is 48.9 Å². The normalized spacial score (nSPS) is 10.7. The van der Waals surface area contributed by atoms with Crippen molar-refractivity contribution in [2.45, 2.75) is 6.92 Å². The Bertz CT molecular complexity index is 675. The van der Waals surface area contributed by atoms with Crippen LogP contribution in [-0.4, -0.2) is 19.5 Å². The van der Waals surface area contributed by atoms with Crippen LogP contribution in [0.3, 0.4) is 0 Å². The van der Waals surface area contributed by atoms with Gasteiger partial charge in [-0.25, -0.2) is 4.39 Å². The van der Waals surface area contributed by atoms with Gasteiger partial charge < -0.3 is 9.47 Å². The molecule has 2 rings (SSSR count). The Labute approximate surface area is 129 Å². The Hall–Kier alpha value is -2.62. The van der Waals surface area contributed by atoms with Crippen molar-refractivity contribution in [3.8, 4) is 11.5 Å².